The first-order chi connectivity index (χ1) is 17.5. The molecule has 2 aromatic carbocycles. The van der Waals surface area contributed by atoms with Crippen molar-refractivity contribution in [2.75, 3.05) is 18.8 Å². The molecule has 0 fully saturated rings. The fraction of sp³-hybridized carbons (Fsp3) is 0.217. The Morgan fingerprint density at radius 2 is 2.00 bits per heavy atom. The van der Waals surface area contributed by atoms with Crippen LogP contribution >= 0.6 is 11.8 Å². The average Bonchev–Trinajstić information content (AvgIpc) is 3.50. The van der Waals surface area contributed by atoms with Crippen LogP contribution in [0.3, 0.4) is 0 Å². The van der Waals surface area contributed by atoms with Crippen LogP contribution in [0.2, 0.25) is 0 Å². The summed E-state index contributed by atoms with van der Waals surface area (Å²) in [6.07, 6.45) is 1.31. The number of nitrogen functional groups attached to an aromatic ring is 1. The molecule has 186 valence electrons. The van der Waals surface area contributed by atoms with Crippen LogP contribution in [0.15, 0.2) is 63.2 Å². The SMILES string of the molecule is CC[NH+](CC)c1ccc(C=NNC(=O)c2nnn(-c3nonc3N)c2CSc2ccccc2)c([O-])c1. The Labute approximate surface area is 211 Å². The van der Waals surface area contributed by atoms with Crippen LogP contribution in [-0.4, -0.2) is 50.5 Å². The molecule has 2 aromatic heterocycles. The monoisotopic (exact) mass is 507 g/mol. The zero-order valence-corrected chi connectivity index (χ0v) is 20.5. The van der Waals surface area contributed by atoms with Crippen LogP contribution in [0.25, 0.3) is 5.82 Å². The number of anilines is 1. The Balaban J connectivity index is 1.53. The van der Waals surface area contributed by atoms with Gasteiger partial charge in [-0.2, -0.15) is 9.78 Å². The van der Waals surface area contributed by atoms with E-state index in [4.69, 9.17) is 5.73 Å². The molecule has 0 saturated carbocycles. The number of nitrogens with two attached hydrogens (primary N) is 1. The van der Waals surface area contributed by atoms with Gasteiger partial charge in [0.15, 0.2) is 5.69 Å². The first-order valence-electron chi connectivity index (χ1n) is 11.2. The highest BCUT2D eigenvalue weighted by atomic mass is 32.2. The maximum Gasteiger partial charge on any atom is 0.293 e. The van der Waals surface area contributed by atoms with Crippen molar-refractivity contribution in [3.8, 4) is 11.6 Å². The van der Waals surface area contributed by atoms with Crippen molar-refractivity contribution in [1.82, 2.24) is 30.7 Å². The maximum absolute atomic E-state index is 12.9. The molecule has 0 aliphatic heterocycles. The standard InChI is InChI=1S/C23H25N9O3S/c1-3-31(4-2)16-11-10-15(19(33)12-16)13-25-27-23(34)20-18(14-36-17-8-6-5-7-9-17)32(30-26-20)22-21(24)28-35-29-22/h5-13,33H,3-4,14H2,1-2H3,(H2,24,28)(H,27,34). The summed E-state index contributed by atoms with van der Waals surface area (Å²) in [5.74, 6) is -0.318. The van der Waals surface area contributed by atoms with Gasteiger partial charge in [-0.3, -0.25) is 4.79 Å². The molecular weight excluding hydrogens is 482 g/mol. The van der Waals surface area contributed by atoms with E-state index in [1.54, 1.807) is 12.1 Å². The molecule has 0 spiro atoms. The lowest BCUT2D eigenvalue weighted by atomic mass is 10.2. The van der Waals surface area contributed by atoms with Gasteiger partial charge >= 0.3 is 0 Å². The van der Waals surface area contributed by atoms with Crippen LogP contribution < -0.4 is 21.2 Å². The second-order valence-electron chi connectivity index (χ2n) is 7.63. The van der Waals surface area contributed by atoms with E-state index < -0.39 is 5.91 Å². The molecular formula is C23H25N9O3S. The van der Waals surface area contributed by atoms with Crippen molar-refractivity contribution < 1.29 is 19.4 Å². The Kier molecular flexibility index (Phi) is 7.92. The quantitative estimate of drug-likeness (QED) is 0.161. The molecule has 1 amide bonds. The third-order valence-corrected chi connectivity index (χ3v) is 6.46. The second-order valence-corrected chi connectivity index (χ2v) is 8.68. The van der Waals surface area contributed by atoms with Gasteiger partial charge < -0.3 is 15.7 Å². The van der Waals surface area contributed by atoms with Gasteiger partial charge in [-0.15, -0.1) is 16.9 Å². The van der Waals surface area contributed by atoms with Crippen molar-refractivity contribution in [2.45, 2.75) is 24.5 Å². The first kappa shape index (κ1) is 24.9. The van der Waals surface area contributed by atoms with Crippen LogP contribution in [0, 0.1) is 0 Å². The minimum absolute atomic E-state index is 0.00816. The number of nitrogens with one attached hydrogen (secondary N) is 2. The summed E-state index contributed by atoms with van der Waals surface area (Å²) in [5.41, 5.74) is 9.97. The highest BCUT2D eigenvalue weighted by Crippen LogP contribution is 2.26. The number of hydrogen-bond acceptors (Lipinski definition) is 10. The smallest absolute Gasteiger partial charge is 0.293 e. The summed E-state index contributed by atoms with van der Waals surface area (Å²) in [6.45, 7) is 5.87. The fourth-order valence-electron chi connectivity index (χ4n) is 3.52. The van der Waals surface area contributed by atoms with Crippen molar-refractivity contribution in [3.05, 3.63) is 65.5 Å². The molecule has 0 saturated heterocycles. The van der Waals surface area contributed by atoms with Gasteiger partial charge in [0.2, 0.25) is 11.6 Å². The highest BCUT2D eigenvalue weighted by Gasteiger charge is 2.24. The molecule has 2 heterocycles. The van der Waals surface area contributed by atoms with Gasteiger partial charge in [-0.05, 0) is 60.1 Å². The Morgan fingerprint density at radius 3 is 2.67 bits per heavy atom. The van der Waals surface area contributed by atoms with Crippen LogP contribution in [0.1, 0.15) is 35.6 Å². The molecule has 0 unspecified atom stereocenters. The molecule has 4 rings (SSSR count). The normalized spacial score (nSPS) is 11.4. The van der Waals surface area contributed by atoms with E-state index in [-0.39, 0.29) is 23.1 Å². The van der Waals surface area contributed by atoms with Gasteiger partial charge in [0.05, 0.1) is 25.0 Å². The van der Waals surface area contributed by atoms with E-state index in [9.17, 15) is 9.90 Å². The molecule has 0 aliphatic carbocycles. The third kappa shape index (κ3) is 5.53. The summed E-state index contributed by atoms with van der Waals surface area (Å²) >= 11 is 1.47. The number of rotatable bonds is 10. The largest absolute Gasteiger partial charge is 0.872 e. The molecule has 4 aromatic rings. The molecule has 0 atom stereocenters. The Hall–Kier alpha value is -4.23. The number of benzene rings is 2. The summed E-state index contributed by atoms with van der Waals surface area (Å²) in [4.78, 5) is 15.1. The van der Waals surface area contributed by atoms with Gasteiger partial charge in [-0.1, -0.05) is 29.2 Å². The van der Waals surface area contributed by atoms with E-state index in [0.717, 1.165) is 23.7 Å². The topological polar surface area (TPSA) is 165 Å². The van der Waals surface area contributed by atoms with Crippen molar-refractivity contribution in [2.24, 2.45) is 5.10 Å². The fourth-order valence-corrected chi connectivity index (χ4v) is 4.43. The molecule has 0 bridgehead atoms. The Bertz CT molecular complexity index is 1350. The molecule has 0 radical (unpaired) electrons. The van der Waals surface area contributed by atoms with Gasteiger partial charge in [0.1, 0.15) is 5.69 Å². The lowest BCUT2D eigenvalue weighted by molar-refractivity contribution is -0.828. The number of aromatic nitrogens is 5. The minimum Gasteiger partial charge on any atom is -0.872 e. The summed E-state index contributed by atoms with van der Waals surface area (Å²) in [7, 11) is 0. The highest BCUT2D eigenvalue weighted by molar-refractivity contribution is 7.98. The molecule has 0 aliphatic rings. The van der Waals surface area contributed by atoms with Crippen LogP contribution in [0.5, 0.6) is 5.75 Å². The number of carbonyl (C=O) groups excluding carboxylic acids is 1. The van der Waals surface area contributed by atoms with E-state index in [2.05, 4.69) is 49.6 Å². The van der Waals surface area contributed by atoms with Crippen LogP contribution in [0.4, 0.5) is 11.5 Å². The van der Waals surface area contributed by atoms with E-state index in [0.29, 0.717) is 17.0 Å². The first-order valence-corrected chi connectivity index (χ1v) is 12.2. The summed E-state index contributed by atoms with van der Waals surface area (Å²) < 4.78 is 5.98. The predicted octanol–water partition coefficient (Wildman–Crippen LogP) is 0.918. The van der Waals surface area contributed by atoms with E-state index in [1.165, 1.54) is 27.6 Å². The van der Waals surface area contributed by atoms with E-state index >= 15 is 0 Å². The maximum atomic E-state index is 12.9. The zero-order chi connectivity index (χ0) is 25.5. The minimum atomic E-state index is -0.604. The lowest BCUT2D eigenvalue weighted by Crippen LogP contribution is -3.06. The van der Waals surface area contributed by atoms with Crippen molar-refractivity contribution in [1.29, 1.82) is 0 Å². The van der Waals surface area contributed by atoms with Crippen molar-refractivity contribution in [3.63, 3.8) is 0 Å². The molecule has 13 heteroatoms. The molecule has 36 heavy (non-hydrogen) atoms. The number of hydrogen-bond donors (Lipinski definition) is 3. The lowest BCUT2D eigenvalue weighted by Gasteiger charge is -2.18. The molecule has 12 nitrogen and oxygen atoms in total. The van der Waals surface area contributed by atoms with Gasteiger partial charge in [-0.25, -0.2) is 10.1 Å². The van der Waals surface area contributed by atoms with Gasteiger partial charge in [0.25, 0.3) is 5.91 Å². The number of hydrazone groups is 1. The van der Waals surface area contributed by atoms with Crippen LogP contribution in [-0.2, 0) is 5.75 Å². The number of carbonyl (C=O) groups is 1. The van der Waals surface area contributed by atoms with Crippen molar-refractivity contribution >= 4 is 35.4 Å². The molecule has 4 N–H and O–H groups in total. The average molecular weight is 508 g/mol. The summed E-state index contributed by atoms with van der Waals surface area (Å²) in [5, 5.41) is 31.8. The predicted molar refractivity (Wildman–Crippen MR) is 132 cm³/mol. The van der Waals surface area contributed by atoms with E-state index in [1.807, 2.05) is 36.4 Å². The summed E-state index contributed by atoms with van der Waals surface area (Å²) in [6, 6.07) is 14.8. The number of quaternary nitrogens is 1. The second kappa shape index (κ2) is 11.5. The number of thioether (sulfide) groups is 1. The Morgan fingerprint density at radius 1 is 1.22 bits per heavy atom. The number of nitrogens with zero attached hydrogens (tertiary/aromatic N) is 6. The zero-order valence-electron chi connectivity index (χ0n) is 19.7. The third-order valence-electron chi connectivity index (χ3n) is 5.44. The van der Waals surface area contributed by atoms with Gasteiger partial charge in [0, 0.05) is 10.6 Å². The number of amides is 1.